The number of H-pyrrole nitrogens is 1. The highest BCUT2D eigenvalue weighted by atomic mass is 28.3. The summed E-state index contributed by atoms with van der Waals surface area (Å²) >= 11 is 0. The Hall–Kier alpha value is -6.56. The number of hydrogen-bond donors (Lipinski definition) is 5. The van der Waals surface area contributed by atoms with E-state index in [2.05, 4.69) is 60.4 Å². The molecule has 0 radical (unpaired) electrons. The Balaban J connectivity index is 0.000000207. The van der Waals surface area contributed by atoms with Gasteiger partial charge in [-0.3, -0.25) is 19.0 Å². The summed E-state index contributed by atoms with van der Waals surface area (Å²) in [5.74, 6) is -1.55. The number of hydrogen-bond acceptors (Lipinski definition) is 13. The number of halogens is 2. The van der Waals surface area contributed by atoms with E-state index in [0.29, 0.717) is 62.7 Å². The Morgan fingerprint density at radius 3 is 1.81 bits per heavy atom. The predicted molar refractivity (Wildman–Crippen MR) is 254 cm³/mol. The van der Waals surface area contributed by atoms with Crippen molar-refractivity contribution in [2.24, 2.45) is 14.1 Å². The highest BCUT2D eigenvalue weighted by Crippen LogP contribution is 2.30. The van der Waals surface area contributed by atoms with E-state index in [9.17, 15) is 28.6 Å². The quantitative estimate of drug-likeness (QED) is 0.0574. The number of methoxy groups -OCH3 is 2. The second-order valence-corrected chi connectivity index (χ2v) is 23.4. The summed E-state index contributed by atoms with van der Waals surface area (Å²) < 4.78 is 48.5. The number of aliphatic hydroxyl groups excluding tert-OH is 2. The van der Waals surface area contributed by atoms with Crippen LogP contribution in [0.1, 0.15) is 34.6 Å². The van der Waals surface area contributed by atoms with E-state index in [1.54, 1.807) is 72.6 Å². The largest absolute Gasteiger partial charge is 0.391 e. The Kier molecular flexibility index (Phi) is 15.1. The molecule has 68 heavy (non-hydrogen) atoms. The van der Waals surface area contributed by atoms with E-state index in [1.165, 1.54) is 44.7 Å². The first-order valence-electron chi connectivity index (χ1n) is 21.9. The number of carbonyl (C=O) groups excluding carboxylic acids is 2. The van der Waals surface area contributed by atoms with Gasteiger partial charge in [-0.05, 0) is 56.3 Å². The molecule has 0 saturated carbocycles. The molecule has 0 aliphatic heterocycles. The van der Waals surface area contributed by atoms with Crippen molar-refractivity contribution in [3.63, 3.8) is 0 Å². The maximum absolute atomic E-state index is 13.8. The van der Waals surface area contributed by atoms with Crippen LogP contribution in [0.25, 0.3) is 66.9 Å². The monoisotopic (exact) mass is 954 g/mol. The number of aliphatic hydroxyl groups is 2. The number of rotatable bonds is 17. The molecule has 0 aliphatic rings. The van der Waals surface area contributed by atoms with Crippen molar-refractivity contribution in [3.05, 3.63) is 83.9 Å². The lowest BCUT2D eigenvalue weighted by molar-refractivity contribution is 0.0661. The zero-order valence-corrected chi connectivity index (χ0v) is 40.3. The molecule has 0 spiro atoms. The summed E-state index contributed by atoms with van der Waals surface area (Å²) in [6.07, 6.45) is 4.71. The van der Waals surface area contributed by atoms with Gasteiger partial charge in [0.1, 0.15) is 52.2 Å². The fourth-order valence-corrected chi connectivity index (χ4v) is 8.20. The molecular weight excluding hydrogens is 899 g/mol. The molecule has 8 rings (SSSR count). The molecule has 360 valence electrons. The number of carbonyl (C=O) groups is 2. The minimum atomic E-state index is -1.26. The SMILES string of the molecule is COC[C@@H](NC(=O)c1c[nH]c2ncc(-c3nn(C)c4cc(F)ccc34)nc12)[C@@H](C)O.COC[C@@H](NC(=O)c1cn(COCC[Si](C)(C)C)c2ncc(-c3nn(C)c4cc(F)ccc34)nc12)[C@@H](C)O. The standard InChI is InChI=1S/C26H35FN6O4Si.C20H21FN6O3/c1-16(34)21(14-36-3)30-26(35)19-13-33(15-37-9-10-38(4,5)6)25-24(19)29-20(12-28-25)23-18-8-7-17(27)11-22(18)32(2)31-23;1-10(28)15(9-30-3)25-20(29)13-7-22-19-18(13)24-14(8-23-19)17-12-5-4-11(21)6-16(12)27(2)26-17/h7-8,11-13,16,21,34H,9-10,14-15H2,1-6H3,(H,30,35);4-8,10,15,28H,9H2,1-3H3,(H,22,23)(H,25,29)/t16-,21-;10-,15-/m11/s1. The molecule has 5 N–H and O–H groups in total. The maximum Gasteiger partial charge on any atom is 0.255 e. The maximum atomic E-state index is 13.8. The lowest BCUT2D eigenvalue weighted by atomic mass is 10.1. The number of amides is 2. The van der Waals surface area contributed by atoms with Crippen LogP contribution in [0.5, 0.6) is 0 Å². The van der Waals surface area contributed by atoms with E-state index >= 15 is 0 Å². The molecule has 0 bridgehead atoms. The summed E-state index contributed by atoms with van der Waals surface area (Å²) in [5, 5.41) is 36.0. The van der Waals surface area contributed by atoms with Gasteiger partial charge in [-0.15, -0.1) is 0 Å². The molecule has 4 atom stereocenters. The average Bonchev–Trinajstić information content (AvgIpc) is 4.06. The summed E-state index contributed by atoms with van der Waals surface area (Å²) in [6.45, 7) is 11.2. The van der Waals surface area contributed by atoms with Crippen LogP contribution in [0.3, 0.4) is 0 Å². The van der Waals surface area contributed by atoms with Crippen LogP contribution >= 0.6 is 0 Å². The first kappa shape index (κ1) is 49.3. The highest BCUT2D eigenvalue weighted by Gasteiger charge is 2.26. The summed E-state index contributed by atoms with van der Waals surface area (Å²) in [5.41, 5.74) is 5.45. The summed E-state index contributed by atoms with van der Waals surface area (Å²) in [4.78, 5) is 47.4. The van der Waals surface area contributed by atoms with Crippen molar-refractivity contribution in [2.45, 2.75) is 70.6 Å². The molecule has 0 saturated heterocycles. The number of fused-ring (bicyclic) bond motifs is 4. The van der Waals surface area contributed by atoms with Gasteiger partial charge in [-0.25, -0.2) is 28.7 Å². The van der Waals surface area contributed by atoms with E-state index in [0.717, 1.165) is 16.8 Å². The number of aryl methyl sites for hydroxylation is 2. The topological polar surface area (TPSA) is 234 Å². The molecule has 8 aromatic rings. The van der Waals surface area contributed by atoms with E-state index in [-0.39, 0.29) is 42.7 Å². The number of nitrogens with zero attached hydrogens (tertiary/aromatic N) is 9. The van der Waals surface area contributed by atoms with Crippen molar-refractivity contribution in [3.8, 4) is 22.8 Å². The van der Waals surface area contributed by atoms with Gasteiger partial charge in [0.15, 0.2) is 11.3 Å². The number of nitrogens with one attached hydrogen (secondary N) is 3. The zero-order valence-electron chi connectivity index (χ0n) is 39.3. The van der Waals surface area contributed by atoms with Crippen molar-refractivity contribution in [1.29, 1.82) is 0 Å². The van der Waals surface area contributed by atoms with Gasteiger partial charge >= 0.3 is 0 Å². The molecule has 6 heterocycles. The van der Waals surface area contributed by atoms with E-state index < -0.39 is 44.2 Å². The van der Waals surface area contributed by atoms with Gasteiger partial charge in [-0.1, -0.05) is 19.6 Å². The lowest BCUT2D eigenvalue weighted by Crippen LogP contribution is -2.45. The van der Waals surface area contributed by atoms with Crippen LogP contribution in [-0.2, 0) is 35.0 Å². The third kappa shape index (κ3) is 10.9. The van der Waals surface area contributed by atoms with E-state index in [4.69, 9.17) is 19.2 Å². The normalized spacial score (nSPS) is 13.7. The fraction of sp³-hybridized carbons (Fsp3) is 0.391. The molecule has 0 aliphatic carbocycles. The van der Waals surface area contributed by atoms with Gasteiger partial charge in [0, 0.05) is 66.2 Å². The Morgan fingerprint density at radius 2 is 1.29 bits per heavy atom. The summed E-state index contributed by atoms with van der Waals surface area (Å²) in [7, 11) is 5.19. The molecule has 19 nitrogen and oxygen atoms in total. The van der Waals surface area contributed by atoms with Crippen LogP contribution in [0, 0.1) is 11.6 Å². The third-order valence-electron chi connectivity index (χ3n) is 11.3. The van der Waals surface area contributed by atoms with Crippen molar-refractivity contribution >= 4 is 64.0 Å². The van der Waals surface area contributed by atoms with Crippen LogP contribution in [0.4, 0.5) is 8.78 Å². The first-order chi connectivity index (χ1) is 32.4. The lowest BCUT2D eigenvalue weighted by Gasteiger charge is -2.20. The van der Waals surface area contributed by atoms with Crippen LogP contribution in [0.2, 0.25) is 25.7 Å². The van der Waals surface area contributed by atoms with Gasteiger partial charge < -0.3 is 44.6 Å². The number of aromatic amines is 1. The molecule has 0 unspecified atom stereocenters. The van der Waals surface area contributed by atoms with Gasteiger partial charge in [0.05, 0.1) is 72.1 Å². The van der Waals surface area contributed by atoms with Crippen molar-refractivity contribution in [2.75, 3.05) is 34.0 Å². The molecular formula is C46H56F2N12O7Si. The van der Waals surface area contributed by atoms with Crippen molar-refractivity contribution < 1.29 is 42.8 Å². The molecule has 6 aromatic heterocycles. The van der Waals surface area contributed by atoms with Crippen LogP contribution in [0.15, 0.2) is 61.2 Å². The summed E-state index contributed by atoms with van der Waals surface area (Å²) in [6, 6.07) is 8.68. The van der Waals surface area contributed by atoms with Gasteiger partial charge in [0.2, 0.25) is 0 Å². The third-order valence-corrected chi connectivity index (χ3v) is 13.0. The second-order valence-electron chi connectivity index (χ2n) is 17.8. The highest BCUT2D eigenvalue weighted by molar-refractivity contribution is 6.76. The minimum absolute atomic E-state index is 0.148. The van der Waals surface area contributed by atoms with Crippen LogP contribution in [-0.4, -0.2) is 137 Å². The van der Waals surface area contributed by atoms with Crippen molar-refractivity contribution in [1.82, 2.24) is 59.7 Å². The number of aromatic nitrogens is 10. The Morgan fingerprint density at radius 1 is 0.779 bits per heavy atom. The number of ether oxygens (including phenoxy) is 3. The Bertz CT molecular complexity index is 3090. The molecule has 0 fully saturated rings. The number of benzene rings is 2. The second kappa shape index (κ2) is 20.8. The van der Waals surface area contributed by atoms with Gasteiger partial charge in [-0.2, -0.15) is 10.2 Å². The first-order valence-corrected chi connectivity index (χ1v) is 25.6. The predicted octanol–water partition coefficient (Wildman–Crippen LogP) is 5.34. The Labute approximate surface area is 390 Å². The zero-order chi connectivity index (χ0) is 49.0. The molecule has 2 amide bonds. The van der Waals surface area contributed by atoms with Crippen LogP contribution < -0.4 is 10.6 Å². The molecule has 2 aromatic carbocycles. The fourth-order valence-electron chi connectivity index (χ4n) is 7.44. The van der Waals surface area contributed by atoms with E-state index in [1.807, 2.05) is 0 Å². The smallest absolute Gasteiger partial charge is 0.255 e. The minimum Gasteiger partial charge on any atom is -0.391 e. The van der Waals surface area contributed by atoms with Gasteiger partial charge in [0.25, 0.3) is 11.8 Å². The molecule has 22 heteroatoms. The average molecular weight is 955 g/mol.